The lowest BCUT2D eigenvalue weighted by atomic mass is 9.99. The molecule has 2 heteroatoms. The molecule has 1 rings (SSSR count). The summed E-state index contributed by atoms with van der Waals surface area (Å²) < 4.78 is 0. The summed E-state index contributed by atoms with van der Waals surface area (Å²) in [5, 5.41) is 3.54. The van der Waals surface area contributed by atoms with Gasteiger partial charge in [0.15, 0.2) is 0 Å². The lowest BCUT2D eigenvalue weighted by Gasteiger charge is -2.32. The molecule has 1 aliphatic rings. The van der Waals surface area contributed by atoms with Gasteiger partial charge < -0.3 is 5.32 Å². The number of hydrogen-bond donors (Lipinski definition) is 1. The molecule has 84 valence electrons. The van der Waals surface area contributed by atoms with E-state index >= 15 is 0 Å². The first-order valence-corrected chi connectivity index (χ1v) is 6.12. The van der Waals surface area contributed by atoms with Gasteiger partial charge in [-0.2, -0.15) is 0 Å². The zero-order chi connectivity index (χ0) is 10.6. The summed E-state index contributed by atoms with van der Waals surface area (Å²) in [5.74, 6) is 0.820. The molecular weight excluding hydrogens is 172 g/mol. The van der Waals surface area contributed by atoms with Gasteiger partial charge in [-0.25, -0.2) is 0 Å². The molecule has 0 spiro atoms. The summed E-state index contributed by atoms with van der Waals surface area (Å²) in [5.41, 5.74) is 0. The predicted molar refractivity (Wildman–Crippen MR) is 62.6 cm³/mol. The largest absolute Gasteiger partial charge is 0.313 e. The van der Waals surface area contributed by atoms with E-state index in [4.69, 9.17) is 0 Å². The maximum Gasteiger partial charge on any atom is 0.0166 e. The van der Waals surface area contributed by atoms with E-state index < -0.39 is 0 Å². The average Bonchev–Trinajstić information content (AvgIpc) is 2.40. The summed E-state index contributed by atoms with van der Waals surface area (Å²) in [6, 6.07) is 1.39. The molecule has 1 heterocycles. The average molecular weight is 198 g/mol. The second kappa shape index (κ2) is 5.72. The Morgan fingerprint density at radius 1 is 1.43 bits per heavy atom. The van der Waals surface area contributed by atoms with Crippen molar-refractivity contribution in [3.63, 3.8) is 0 Å². The van der Waals surface area contributed by atoms with Gasteiger partial charge in [0.1, 0.15) is 0 Å². The quantitative estimate of drug-likeness (QED) is 0.747. The van der Waals surface area contributed by atoms with Crippen LogP contribution in [0, 0.1) is 5.92 Å². The third-order valence-electron chi connectivity index (χ3n) is 3.67. The third-order valence-corrected chi connectivity index (χ3v) is 3.67. The van der Waals surface area contributed by atoms with E-state index in [-0.39, 0.29) is 0 Å². The summed E-state index contributed by atoms with van der Waals surface area (Å²) in [6.45, 7) is 13.0. The maximum atomic E-state index is 3.54. The molecule has 1 saturated heterocycles. The Bertz CT molecular complexity index is 158. The van der Waals surface area contributed by atoms with E-state index in [2.05, 4.69) is 37.9 Å². The molecule has 0 amide bonds. The van der Waals surface area contributed by atoms with Crippen LogP contribution in [0.5, 0.6) is 0 Å². The summed E-state index contributed by atoms with van der Waals surface area (Å²) in [7, 11) is 0. The summed E-state index contributed by atoms with van der Waals surface area (Å²) in [6.07, 6.45) is 2.59. The molecule has 2 nitrogen and oxygen atoms in total. The highest BCUT2D eigenvalue weighted by atomic mass is 15.2. The standard InChI is InChI=1S/C12H26N2/c1-5-10(2)12(4)14-8-6-7-13-11(3)9-14/h10-13H,5-9H2,1-4H3. The fourth-order valence-electron chi connectivity index (χ4n) is 2.21. The molecule has 0 radical (unpaired) electrons. The molecule has 1 fully saturated rings. The van der Waals surface area contributed by atoms with Crippen molar-refractivity contribution in [1.29, 1.82) is 0 Å². The fourth-order valence-corrected chi connectivity index (χ4v) is 2.21. The van der Waals surface area contributed by atoms with Crippen LogP contribution in [0.1, 0.15) is 40.5 Å². The molecule has 0 aromatic carbocycles. The number of nitrogens with one attached hydrogen (secondary N) is 1. The van der Waals surface area contributed by atoms with Crippen molar-refractivity contribution < 1.29 is 0 Å². The molecule has 0 aromatic rings. The van der Waals surface area contributed by atoms with Crippen LogP contribution in [0.4, 0.5) is 0 Å². The molecule has 14 heavy (non-hydrogen) atoms. The van der Waals surface area contributed by atoms with Gasteiger partial charge in [-0.15, -0.1) is 0 Å². The van der Waals surface area contributed by atoms with E-state index in [1.165, 1.54) is 32.5 Å². The highest BCUT2D eigenvalue weighted by Gasteiger charge is 2.21. The Morgan fingerprint density at radius 3 is 2.79 bits per heavy atom. The predicted octanol–water partition coefficient (Wildman–Crippen LogP) is 2.10. The van der Waals surface area contributed by atoms with Crippen LogP contribution < -0.4 is 5.32 Å². The maximum absolute atomic E-state index is 3.54. The fraction of sp³-hybridized carbons (Fsp3) is 1.00. The first kappa shape index (κ1) is 12.0. The molecule has 0 bridgehead atoms. The van der Waals surface area contributed by atoms with E-state index in [0.717, 1.165) is 12.0 Å². The van der Waals surface area contributed by atoms with Gasteiger partial charge in [-0.1, -0.05) is 20.3 Å². The third kappa shape index (κ3) is 3.25. The number of rotatable bonds is 3. The second-order valence-electron chi connectivity index (χ2n) is 4.83. The Hall–Kier alpha value is -0.0800. The van der Waals surface area contributed by atoms with Crippen LogP contribution in [0.2, 0.25) is 0 Å². The minimum Gasteiger partial charge on any atom is -0.313 e. The topological polar surface area (TPSA) is 15.3 Å². The number of nitrogens with zero attached hydrogens (tertiary/aromatic N) is 1. The van der Waals surface area contributed by atoms with Gasteiger partial charge >= 0.3 is 0 Å². The van der Waals surface area contributed by atoms with E-state index in [9.17, 15) is 0 Å². The smallest absolute Gasteiger partial charge is 0.0166 e. The van der Waals surface area contributed by atoms with Crippen LogP contribution in [-0.2, 0) is 0 Å². The highest BCUT2D eigenvalue weighted by molar-refractivity contribution is 4.79. The molecular formula is C12H26N2. The molecule has 3 atom stereocenters. The van der Waals surface area contributed by atoms with Gasteiger partial charge in [0.25, 0.3) is 0 Å². The zero-order valence-electron chi connectivity index (χ0n) is 10.2. The van der Waals surface area contributed by atoms with Crippen molar-refractivity contribution in [2.24, 2.45) is 5.92 Å². The Morgan fingerprint density at radius 2 is 2.14 bits per heavy atom. The monoisotopic (exact) mass is 198 g/mol. The first-order valence-electron chi connectivity index (χ1n) is 6.12. The van der Waals surface area contributed by atoms with E-state index in [0.29, 0.717) is 6.04 Å². The summed E-state index contributed by atoms with van der Waals surface area (Å²) >= 11 is 0. The van der Waals surface area contributed by atoms with Gasteiger partial charge in [-0.3, -0.25) is 4.90 Å². The van der Waals surface area contributed by atoms with Crippen LogP contribution in [0.25, 0.3) is 0 Å². The molecule has 0 aromatic heterocycles. The lowest BCUT2D eigenvalue weighted by Crippen LogP contribution is -2.42. The van der Waals surface area contributed by atoms with Gasteiger partial charge in [-0.05, 0) is 39.3 Å². The van der Waals surface area contributed by atoms with Crippen molar-refractivity contribution >= 4 is 0 Å². The number of hydrogen-bond acceptors (Lipinski definition) is 2. The van der Waals surface area contributed by atoms with Crippen molar-refractivity contribution in [2.75, 3.05) is 19.6 Å². The SMILES string of the molecule is CCC(C)C(C)N1CCCNC(C)C1. The van der Waals surface area contributed by atoms with Crippen LogP contribution in [-0.4, -0.2) is 36.6 Å². The Kier molecular flexibility index (Phi) is 4.90. The van der Waals surface area contributed by atoms with Crippen LogP contribution in [0.3, 0.4) is 0 Å². The minimum atomic E-state index is 0.656. The highest BCUT2D eigenvalue weighted by Crippen LogP contribution is 2.15. The van der Waals surface area contributed by atoms with Gasteiger partial charge in [0.2, 0.25) is 0 Å². The molecule has 1 N–H and O–H groups in total. The summed E-state index contributed by atoms with van der Waals surface area (Å²) in [4.78, 5) is 2.65. The molecule has 1 aliphatic heterocycles. The normalized spacial score (nSPS) is 29.6. The van der Waals surface area contributed by atoms with Gasteiger partial charge in [0.05, 0.1) is 0 Å². The Balaban J connectivity index is 2.47. The van der Waals surface area contributed by atoms with Crippen molar-refractivity contribution in [3.05, 3.63) is 0 Å². The second-order valence-corrected chi connectivity index (χ2v) is 4.83. The van der Waals surface area contributed by atoms with Crippen LogP contribution in [0.15, 0.2) is 0 Å². The first-order chi connectivity index (χ1) is 6.65. The molecule has 0 aliphatic carbocycles. The van der Waals surface area contributed by atoms with E-state index in [1.807, 2.05) is 0 Å². The minimum absolute atomic E-state index is 0.656. The van der Waals surface area contributed by atoms with Crippen molar-refractivity contribution in [2.45, 2.75) is 52.6 Å². The van der Waals surface area contributed by atoms with E-state index in [1.54, 1.807) is 0 Å². The van der Waals surface area contributed by atoms with Crippen molar-refractivity contribution in [3.8, 4) is 0 Å². The molecule has 0 saturated carbocycles. The lowest BCUT2D eigenvalue weighted by molar-refractivity contribution is 0.158. The van der Waals surface area contributed by atoms with Crippen LogP contribution >= 0.6 is 0 Å². The zero-order valence-corrected chi connectivity index (χ0v) is 10.2. The van der Waals surface area contributed by atoms with Gasteiger partial charge in [0, 0.05) is 18.6 Å². The molecule has 3 unspecified atom stereocenters. The Labute approximate surface area is 89.1 Å². The van der Waals surface area contributed by atoms with Crippen molar-refractivity contribution in [1.82, 2.24) is 10.2 Å².